The number of nitrogens with one attached hydrogen (secondary N) is 5. The van der Waals surface area contributed by atoms with Gasteiger partial charge in [0.2, 0.25) is 29.7 Å². The number of Topliss-reactive ketones (excluding diaryl/α,β-unsaturated/α-hetero) is 1. The molecule has 736 valence electrons. The molecule has 15 heterocycles. The number of thiazole rings is 5. The first kappa shape index (κ1) is 103. The molecular weight excluding hydrogens is 1930 g/mol. The number of rotatable bonds is 23. The second-order valence-corrected chi connectivity index (χ2v) is 36.6. The summed E-state index contributed by atoms with van der Waals surface area (Å²) >= 11 is 3.15. The van der Waals surface area contributed by atoms with E-state index < -0.39 is 233 Å². The van der Waals surface area contributed by atoms with Crippen LogP contribution >= 0.6 is 56.7 Å². The summed E-state index contributed by atoms with van der Waals surface area (Å²) in [6.07, 6.45) is -15.4. The van der Waals surface area contributed by atoms with Crippen molar-refractivity contribution in [1.82, 2.24) is 72.7 Å². The van der Waals surface area contributed by atoms with Crippen molar-refractivity contribution in [3.63, 3.8) is 0 Å². The topological polar surface area (TPSA) is 774 Å². The van der Waals surface area contributed by atoms with E-state index in [1.807, 2.05) is 20.8 Å². The van der Waals surface area contributed by atoms with Crippen molar-refractivity contribution >= 4 is 190 Å². The number of hydrogen-bond acceptors (Lipinski definition) is 48. The van der Waals surface area contributed by atoms with Crippen molar-refractivity contribution in [2.24, 2.45) is 0 Å². The zero-order chi connectivity index (χ0) is 99.5. The number of aliphatic hydroxyl groups is 2. The Morgan fingerprint density at radius 2 is 0.637 bits per heavy atom. The first-order valence-electron chi connectivity index (χ1n) is 40.6. The standard InChI is InChI=1S/C16H20N4O7S.C15H17F3N4O8S2.2C14H18N4O6S.C14H16N4O6S/c1-4-8(25-6(2)21)9-5-10(26-7(3)22)14(27-9)20-12-11(28-16(20)24)13(23)19-15(17)18-12;1-3-6(28-5(2)23)7-4-8(30-32(26,27)15(16,17)18)12(29-7)22-10-9(31-14(22)25)11(24)21-13(19)20-10;3*1-3-7(23-5(2)19)8-4-6(20)12(24-8)18-10-9(25-14(18)22)11(21)17-13(15)16-10/h8-10,14H,4-5H2,1-3H3,(H3,17,18,19,23);6-8,12H,3-4H2,1-2H3,(H3,19,20,21,24);2*6-8,12,20H,3-4H2,1-2H3,(H3,15,16,17,21);7-8,12H,3-4H2,1-2H3,(H3,15,16,17,21)/t8?,9-,10+,14+;6?,7-,8-,12+;6-,7?,8+,12-;6-,7?,8-,12+;7?,8-,12+/m00100/s1. The van der Waals surface area contributed by atoms with Gasteiger partial charge in [-0.2, -0.15) is 46.5 Å². The van der Waals surface area contributed by atoms with Gasteiger partial charge in [-0.05, 0) is 32.1 Å². The highest BCUT2D eigenvalue weighted by Crippen LogP contribution is 2.42. The number of nitrogens with two attached hydrogens (primary N) is 5. The number of aromatic nitrogens is 15. The van der Waals surface area contributed by atoms with Crippen LogP contribution in [0.1, 0.15) is 172 Å². The molecule has 135 heavy (non-hydrogen) atoms. The number of carbonyl (C=O) groups is 7. The van der Waals surface area contributed by atoms with Crippen molar-refractivity contribution in [2.45, 2.75) is 262 Å². The first-order valence-corrected chi connectivity index (χ1v) is 46.1. The fourth-order valence-electron chi connectivity index (χ4n) is 15.2. The summed E-state index contributed by atoms with van der Waals surface area (Å²) in [6.45, 7) is 16.3. The number of alkyl halides is 3. The Morgan fingerprint density at radius 1 is 0.393 bits per heavy atom. The van der Waals surface area contributed by atoms with E-state index in [1.54, 1.807) is 13.8 Å². The molecule has 0 bridgehead atoms. The minimum atomic E-state index is -6.08. The zero-order valence-electron chi connectivity index (χ0n) is 72.5. The van der Waals surface area contributed by atoms with Crippen molar-refractivity contribution in [3.05, 3.63) is 100 Å². The van der Waals surface area contributed by atoms with Crippen molar-refractivity contribution in [1.29, 1.82) is 0 Å². The third-order valence-corrected chi connectivity index (χ3v) is 26.4. The monoisotopic (exact) mass is 2020 g/mol. The number of ether oxygens (including phenoxy) is 11. The number of H-pyrrole nitrogens is 5. The number of aliphatic hydroxyl groups excluding tert-OH is 2. The van der Waals surface area contributed by atoms with Crippen molar-refractivity contribution in [3.8, 4) is 0 Å². The molecule has 0 spiro atoms. The van der Waals surface area contributed by atoms with Crippen molar-refractivity contribution < 1.29 is 122 Å². The maximum Gasteiger partial charge on any atom is 0.523 e. The third-order valence-electron chi connectivity index (χ3n) is 20.6. The number of esters is 6. The first-order chi connectivity index (χ1) is 63.4. The van der Waals surface area contributed by atoms with E-state index in [1.165, 1.54) is 34.6 Å². The highest BCUT2D eigenvalue weighted by Gasteiger charge is 2.54. The summed E-state index contributed by atoms with van der Waals surface area (Å²) < 4.78 is 132. The lowest BCUT2D eigenvalue weighted by Gasteiger charge is -2.22. The van der Waals surface area contributed by atoms with Gasteiger partial charge in [0.1, 0.15) is 90.6 Å². The molecule has 19 atom stereocenters. The maximum absolute atomic E-state index is 12.9. The van der Waals surface area contributed by atoms with Crippen LogP contribution in [0.2, 0.25) is 0 Å². The second-order valence-electron chi connectivity index (χ2n) is 30.2. The lowest BCUT2D eigenvalue weighted by atomic mass is 10.1. The fourth-order valence-corrected chi connectivity index (χ4v) is 20.0. The predicted molar refractivity (Wildman–Crippen MR) is 469 cm³/mol. The maximum atomic E-state index is 12.9. The number of aromatic amines is 5. The molecule has 15 rings (SSSR count). The molecule has 0 aromatic carbocycles. The Balaban J connectivity index is 0.000000163. The number of nitrogens with zero attached hydrogens (tertiary/aromatic N) is 10. The summed E-state index contributed by atoms with van der Waals surface area (Å²) in [5.74, 6) is -4.48. The molecule has 5 saturated heterocycles. The normalized spacial score (nSPS) is 23.2. The van der Waals surface area contributed by atoms with Crippen molar-refractivity contribution in [2.75, 3.05) is 28.7 Å². The summed E-state index contributed by atoms with van der Waals surface area (Å²) in [5.41, 5.74) is 18.9. The highest BCUT2D eigenvalue weighted by atomic mass is 32.2. The van der Waals surface area contributed by atoms with E-state index in [2.05, 4.69) is 54.0 Å². The number of fused-ring (bicyclic) bond motifs is 5. The minimum Gasteiger partial charge on any atom is -0.460 e. The molecule has 5 aliphatic rings. The van der Waals surface area contributed by atoms with E-state index in [0.717, 1.165) is 25.2 Å². The number of ketones is 1. The molecule has 5 aliphatic heterocycles. The lowest BCUT2D eigenvalue weighted by Crippen LogP contribution is -2.35. The van der Waals surface area contributed by atoms with Gasteiger partial charge in [0.15, 0.2) is 65.2 Å². The summed E-state index contributed by atoms with van der Waals surface area (Å²) in [6, 6.07) is 0. The molecule has 62 heteroatoms. The molecule has 5 fully saturated rings. The smallest absolute Gasteiger partial charge is 0.460 e. The lowest BCUT2D eigenvalue weighted by molar-refractivity contribution is -0.159. The Bertz CT molecular complexity index is 6820. The van der Waals surface area contributed by atoms with Crippen LogP contribution in [0.5, 0.6) is 0 Å². The van der Waals surface area contributed by atoms with E-state index in [-0.39, 0.29) is 113 Å². The van der Waals surface area contributed by atoms with Crippen LogP contribution < -0.4 is 80.8 Å². The Kier molecular flexibility index (Phi) is 32.4. The van der Waals surface area contributed by atoms with Gasteiger partial charge >= 0.3 is 75.8 Å². The number of nitrogen functional groups attached to an aromatic ring is 5. The predicted octanol–water partition coefficient (Wildman–Crippen LogP) is 0.246. The molecule has 0 radical (unpaired) electrons. The molecule has 0 amide bonds. The minimum absolute atomic E-state index is 0.00390. The number of anilines is 5. The molecule has 10 aromatic rings. The van der Waals surface area contributed by atoms with Gasteiger partial charge in [0, 0.05) is 73.6 Å². The average Bonchev–Trinajstić information content (AvgIpc) is 1.68. The van der Waals surface area contributed by atoms with Gasteiger partial charge in [0.25, 0.3) is 27.8 Å². The highest BCUT2D eigenvalue weighted by molar-refractivity contribution is 7.87. The second kappa shape index (κ2) is 42.4. The number of carbonyl (C=O) groups excluding carboxylic acids is 7. The Morgan fingerprint density at radius 3 is 0.911 bits per heavy atom. The van der Waals surface area contributed by atoms with Crippen LogP contribution in [-0.4, -0.2) is 224 Å². The van der Waals surface area contributed by atoms with Gasteiger partial charge in [0.05, 0.1) is 18.3 Å². The molecule has 0 saturated carbocycles. The van der Waals surface area contributed by atoms with Crippen LogP contribution in [0.15, 0.2) is 47.9 Å². The SMILES string of the molecule is CCC(OC(C)=O)[C@@H]1CC(=O)[C@H](n2c(=O)sc3c(=O)[nH]c(N)nc32)O1.CCC(OC(C)=O)[C@@H]1C[C@@H](O)[C@H](n2c(=O)sc3c(=O)[nH]c(N)nc32)O1.CCC(OC(C)=O)[C@@H]1C[C@@H](OC(C)=O)[C@H](n2c(=O)sc3c(=O)[nH]c(N)nc32)O1.CCC(OC(C)=O)[C@@H]1C[C@H](O)[C@H](n2c(=O)sc3c(=O)[nH]c(N)nc32)O1.CCC(OC(C)=O)[C@@H]1C[C@H](OS(=O)(=O)C(F)(F)F)[C@H](n2c(=O)sc3c(=O)[nH]c(N)nc32)O1. The Labute approximate surface area is 771 Å². The summed E-state index contributed by atoms with van der Waals surface area (Å²) in [5, 5.41) is 20.7. The van der Waals surface area contributed by atoms with Gasteiger partial charge in [-0.1, -0.05) is 91.3 Å². The van der Waals surface area contributed by atoms with Gasteiger partial charge < -0.3 is 91.0 Å². The molecular formula is C73H89F3N20O33S6. The average molecular weight is 2020 g/mol. The van der Waals surface area contributed by atoms with Crippen LogP contribution in [0, 0.1) is 0 Å². The zero-order valence-corrected chi connectivity index (χ0v) is 77.4. The van der Waals surface area contributed by atoms with E-state index >= 15 is 0 Å². The van der Waals surface area contributed by atoms with Gasteiger partial charge in [-0.25, -0.2) is 4.57 Å². The fraction of sp³-hybridized carbons (Fsp3) is 0.562. The molecule has 0 aliphatic carbocycles. The van der Waals surface area contributed by atoms with Crippen LogP contribution in [0.25, 0.3) is 51.7 Å². The number of halogens is 3. The van der Waals surface area contributed by atoms with E-state index in [9.17, 15) is 113 Å². The summed E-state index contributed by atoms with van der Waals surface area (Å²) in [4.78, 5) is 231. The summed E-state index contributed by atoms with van der Waals surface area (Å²) in [7, 11) is -6.08. The molecule has 17 N–H and O–H groups in total. The van der Waals surface area contributed by atoms with Crippen LogP contribution in [0.3, 0.4) is 0 Å². The molecule has 5 unspecified atom stereocenters. The quantitative estimate of drug-likeness (QED) is 0.0177. The van der Waals surface area contributed by atoms with Crippen LogP contribution in [0.4, 0.5) is 42.9 Å². The van der Waals surface area contributed by atoms with E-state index in [0.29, 0.717) is 86.9 Å². The van der Waals surface area contributed by atoms with Crippen LogP contribution in [-0.2, 0) is 100.0 Å². The molecule has 10 aromatic heterocycles. The van der Waals surface area contributed by atoms with Gasteiger partial charge in [-0.15, -0.1) is 0 Å². The van der Waals surface area contributed by atoms with Gasteiger partial charge in [-0.3, -0.25) is 129 Å². The number of hydrogen-bond donors (Lipinski definition) is 12. The van der Waals surface area contributed by atoms with E-state index in [4.69, 9.17) is 80.8 Å². The third kappa shape index (κ3) is 23.0. The Hall–Kier alpha value is -12.2. The molecule has 53 nitrogen and oxygen atoms in total. The largest absolute Gasteiger partial charge is 0.523 e.